The molecule has 222 valence electrons. The first-order chi connectivity index (χ1) is 18.5. The van der Waals surface area contributed by atoms with Crippen LogP contribution in [0.25, 0.3) is 0 Å². The third-order valence-corrected chi connectivity index (χ3v) is 6.15. The number of amides is 1. The Morgan fingerprint density at radius 2 is 1.73 bits per heavy atom. The standard InChI is InChI=1S/C19H26N6O7S.C2HF3O2/c1-11-4-6-13(18(27)25(11)14(17(20)26)8-9-32-23-19(21)22)24-33(28,29)16-10-12(30-2)5-7-15(16)31-3;3-2(4,5)1(6)7/h4-7,10,14,24H,8-9H2,1-3H3,(H2,20,26)(H4,21,22,23);(H,6,7). The van der Waals surface area contributed by atoms with E-state index >= 15 is 0 Å². The monoisotopic (exact) mass is 596 g/mol. The van der Waals surface area contributed by atoms with E-state index in [0.29, 0.717) is 5.69 Å². The number of hydrogen-bond donors (Lipinski definition) is 5. The molecule has 8 N–H and O–H groups in total. The van der Waals surface area contributed by atoms with E-state index in [1.54, 1.807) is 6.92 Å². The highest BCUT2D eigenvalue weighted by molar-refractivity contribution is 7.92. The zero-order chi connectivity index (χ0) is 30.8. The van der Waals surface area contributed by atoms with Gasteiger partial charge in [0, 0.05) is 18.2 Å². The molecule has 19 heteroatoms. The lowest BCUT2D eigenvalue weighted by Crippen LogP contribution is -2.37. The minimum atomic E-state index is -5.08. The number of nitrogens with two attached hydrogens (primary N) is 3. The number of aliphatic carboxylic acids is 1. The number of pyridine rings is 1. The quantitative estimate of drug-likeness (QED) is 0.102. The summed E-state index contributed by atoms with van der Waals surface area (Å²) in [5.74, 6) is -3.59. The number of aromatic nitrogens is 1. The molecule has 1 aromatic heterocycles. The summed E-state index contributed by atoms with van der Waals surface area (Å²) in [6.45, 7) is 1.44. The molecule has 1 aromatic carbocycles. The number of carboxylic acid groups (broad SMARTS) is 1. The summed E-state index contributed by atoms with van der Waals surface area (Å²) in [5.41, 5.74) is 15.1. The molecule has 2 rings (SSSR count). The maximum atomic E-state index is 13.1. The number of aryl methyl sites for hydroxylation is 1. The maximum Gasteiger partial charge on any atom is 0.490 e. The number of sulfonamides is 1. The highest BCUT2D eigenvalue weighted by Gasteiger charge is 2.38. The van der Waals surface area contributed by atoms with Crippen LogP contribution in [0, 0.1) is 6.92 Å². The second-order valence-electron chi connectivity index (χ2n) is 7.54. The molecule has 0 radical (unpaired) electrons. The van der Waals surface area contributed by atoms with Gasteiger partial charge in [-0.3, -0.25) is 18.9 Å². The molecular formula is C21H27F3N6O9S. The van der Waals surface area contributed by atoms with Gasteiger partial charge in [-0.1, -0.05) is 0 Å². The zero-order valence-corrected chi connectivity index (χ0v) is 22.1. The molecule has 0 spiro atoms. The minimum absolute atomic E-state index is 0.0441. The number of oxime groups is 1. The number of halogens is 3. The molecule has 15 nitrogen and oxygen atoms in total. The van der Waals surface area contributed by atoms with Crippen molar-refractivity contribution in [2.45, 2.75) is 30.5 Å². The molecule has 0 saturated heterocycles. The van der Waals surface area contributed by atoms with E-state index in [1.807, 2.05) is 0 Å². The largest absolute Gasteiger partial charge is 0.497 e. The SMILES string of the molecule is COc1ccc(OC)c(S(=O)(=O)Nc2ccc(C)n(C(CCON=C(N)N)C(N)=O)c2=O)c1.O=C(O)C(F)(F)F. The van der Waals surface area contributed by atoms with E-state index in [4.69, 9.17) is 41.4 Å². The van der Waals surface area contributed by atoms with Gasteiger partial charge in [-0.15, -0.1) is 0 Å². The average molecular weight is 597 g/mol. The zero-order valence-electron chi connectivity index (χ0n) is 21.3. The van der Waals surface area contributed by atoms with Crippen molar-refractivity contribution in [3.8, 4) is 11.5 Å². The molecule has 2 aromatic rings. The fourth-order valence-corrected chi connectivity index (χ4v) is 4.23. The van der Waals surface area contributed by atoms with Gasteiger partial charge >= 0.3 is 12.1 Å². The number of carboxylic acids is 1. The Morgan fingerprint density at radius 3 is 2.20 bits per heavy atom. The summed E-state index contributed by atoms with van der Waals surface area (Å²) in [7, 11) is -1.58. The number of carbonyl (C=O) groups excluding carboxylic acids is 1. The number of nitrogens with zero attached hydrogens (tertiary/aromatic N) is 2. The molecule has 1 unspecified atom stereocenters. The van der Waals surface area contributed by atoms with Crippen molar-refractivity contribution in [3.05, 3.63) is 46.4 Å². The Morgan fingerprint density at radius 1 is 1.12 bits per heavy atom. The molecule has 0 bridgehead atoms. The van der Waals surface area contributed by atoms with Crippen LogP contribution < -0.4 is 37.0 Å². The second kappa shape index (κ2) is 13.9. The summed E-state index contributed by atoms with van der Waals surface area (Å²) in [4.78, 5) is 38.7. The maximum absolute atomic E-state index is 13.1. The van der Waals surface area contributed by atoms with Gasteiger partial charge in [0.25, 0.3) is 15.6 Å². The molecule has 1 atom stereocenters. The lowest BCUT2D eigenvalue weighted by Gasteiger charge is -2.20. The smallest absolute Gasteiger partial charge is 0.490 e. The molecule has 40 heavy (non-hydrogen) atoms. The van der Waals surface area contributed by atoms with Crippen LogP contribution in [-0.4, -0.2) is 62.9 Å². The Kier molecular flexibility index (Phi) is 11.6. The Bertz CT molecular complexity index is 1410. The fraction of sp³-hybridized carbons (Fsp3) is 0.333. The highest BCUT2D eigenvalue weighted by atomic mass is 32.2. The number of ether oxygens (including phenoxy) is 2. The van der Waals surface area contributed by atoms with Crippen molar-refractivity contribution >= 4 is 33.5 Å². The van der Waals surface area contributed by atoms with Gasteiger partial charge in [-0.05, 0) is 36.3 Å². The normalized spacial score (nSPS) is 11.8. The van der Waals surface area contributed by atoms with E-state index in [2.05, 4.69) is 9.88 Å². The van der Waals surface area contributed by atoms with E-state index in [1.165, 1.54) is 44.6 Å². The number of primary amides is 1. The lowest BCUT2D eigenvalue weighted by molar-refractivity contribution is -0.192. The van der Waals surface area contributed by atoms with Crippen molar-refractivity contribution in [1.82, 2.24) is 4.57 Å². The number of nitrogens with one attached hydrogen (secondary N) is 1. The number of methoxy groups -OCH3 is 2. The van der Waals surface area contributed by atoms with Crippen LogP contribution in [0.5, 0.6) is 11.5 Å². The third-order valence-electron chi connectivity index (χ3n) is 4.76. The van der Waals surface area contributed by atoms with Gasteiger partial charge in [-0.2, -0.15) is 13.2 Å². The lowest BCUT2D eigenvalue weighted by atomic mass is 10.1. The van der Waals surface area contributed by atoms with Gasteiger partial charge in [-0.25, -0.2) is 13.2 Å². The summed E-state index contributed by atoms with van der Waals surface area (Å²) in [6.07, 6.45) is -5.13. The van der Waals surface area contributed by atoms with Crippen LogP contribution in [0.15, 0.2) is 45.2 Å². The number of hydrogen-bond acceptors (Lipinski definition) is 9. The number of guanidine groups is 1. The molecule has 1 amide bonds. The van der Waals surface area contributed by atoms with Crippen molar-refractivity contribution in [2.24, 2.45) is 22.4 Å². The van der Waals surface area contributed by atoms with Crippen LogP contribution in [0.1, 0.15) is 18.2 Å². The fourth-order valence-electron chi connectivity index (χ4n) is 2.99. The molecule has 0 fully saturated rings. The molecule has 0 aliphatic carbocycles. The number of rotatable bonds is 11. The predicted molar refractivity (Wildman–Crippen MR) is 134 cm³/mol. The van der Waals surface area contributed by atoms with E-state index in [-0.39, 0.29) is 41.1 Å². The molecule has 0 aliphatic heterocycles. The van der Waals surface area contributed by atoms with Gasteiger partial charge in [0.2, 0.25) is 11.9 Å². The van der Waals surface area contributed by atoms with Crippen LogP contribution >= 0.6 is 0 Å². The minimum Gasteiger partial charge on any atom is -0.497 e. The van der Waals surface area contributed by atoms with Gasteiger partial charge in [0.15, 0.2) is 0 Å². The van der Waals surface area contributed by atoms with E-state index in [9.17, 15) is 31.2 Å². The summed E-state index contributed by atoms with van der Waals surface area (Å²) < 4.78 is 71.3. The Hall–Kier alpha value is -4.68. The van der Waals surface area contributed by atoms with Gasteiger partial charge < -0.3 is 36.6 Å². The van der Waals surface area contributed by atoms with E-state index < -0.39 is 39.7 Å². The number of alkyl halides is 3. The predicted octanol–water partition coefficient (Wildman–Crippen LogP) is 0.230. The number of carbonyl (C=O) groups is 2. The summed E-state index contributed by atoms with van der Waals surface area (Å²) in [6, 6.07) is 5.80. The van der Waals surface area contributed by atoms with Crippen LogP contribution in [0.2, 0.25) is 0 Å². The van der Waals surface area contributed by atoms with Crippen molar-refractivity contribution < 1.29 is 50.6 Å². The first-order valence-corrected chi connectivity index (χ1v) is 12.2. The third kappa shape index (κ3) is 9.26. The summed E-state index contributed by atoms with van der Waals surface area (Å²) >= 11 is 0. The molecular weight excluding hydrogens is 569 g/mol. The van der Waals surface area contributed by atoms with E-state index in [0.717, 1.165) is 4.57 Å². The molecule has 0 saturated carbocycles. The van der Waals surface area contributed by atoms with Crippen molar-refractivity contribution in [2.75, 3.05) is 25.5 Å². The average Bonchev–Trinajstić information content (AvgIpc) is 2.86. The Balaban J connectivity index is 0.00000101. The second-order valence-corrected chi connectivity index (χ2v) is 9.20. The van der Waals surface area contributed by atoms with Gasteiger partial charge in [0.05, 0.1) is 14.2 Å². The molecule has 1 heterocycles. The van der Waals surface area contributed by atoms with Gasteiger partial charge in [0.1, 0.15) is 34.7 Å². The van der Waals surface area contributed by atoms with Crippen LogP contribution in [0.4, 0.5) is 18.9 Å². The Labute approximate surface area is 225 Å². The van der Waals surface area contributed by atoms with Crippen LogP contribution in [0.3, 0.4) is 0 Å². The first-order valence-electron chi connectivity index (χ1n) is 10.7. The first kappa shape index (κ1) is 33.3. The van der Waals surface area contributed by atoms with Crippen molar-refractivity contribution in [3.63, 3.8) is 0 Å². The molecule has 0 aliphatic rings. The summed E-state index contributed by atoms with van der Waals surface area (Å²) in [5, 5.41) is 10.5. The number of anilines is 1. The number of benzene rings is 1. The topological polar surface area (TPSA) is 241 Å². The van der Waals surface area contributed by atoms with Crippen molar-refractivity contribution in [1.29, 1.82) is 0 Å². The van der Waals surface area contributed by atoms with Crippen LogP contribution in [-0.2, 0) is 24.4 Å². The highest BCUT2D eigenvalue weighted by Crippen LogP contribution is 2.29.